The van der Waals surface area contributed by atoms with Crippen molar-refractivity contribution in [3.8, 4) is 113 Å². The van der Waals surface area contributed by atoms with Gasteiger partial charge in [0.2, 0.25) is 0 Å². The summed E-state index contributed by atoms with van der Waals surface area (Å²) >= 11 is 0. The van der Waals surface area contributed by atoms with E-state index in [9.17, 15) is 0 Å². The van der Waals surface area contributed by atoms with Gasteiger partial charge in [-0.25, -0.2) is 24.9 Å². The Morgan fingerprint density at radius 1 is 0.158 bits per heavy atom. The molecule has 9 nitrogen and oxygen atoms in total. The molecule has 0 saturated heterocycles. The molecule has 0 fully saturated rings. The molecule has 0 spiro atoms. The average molecular weight is 1530 g/mol. The Kier molecular flexibility index (Phi) is 16.7. The second-order valence-electron chi connectivity index (χ2n) is 30.6. The molecule has 24 rings (SSSR count). The summed E-state index contributed by atoms with van der Waals surface area (Å²) in [5.41, 5.74) is 26.2. The van der Waals surface area contributed by atoms with Crippen LogP contribution >= 0.6 is 0 Å². The van der Waals surface area contributed by atoms with Gasteiger partial charge < -0.3 is 18.3 Å². The first-order valence-electron chi connectivity index (χ1n) is 40.7. The molecule has 560 valence electrons. The van der Waals surface area contributed by atoms with Crippen molar-refractivity contribution in [2.45, 2.75) is 0 Å². The molecular formula is C111H71N9. The van der Waals surface area contributed by atoms with Crippen LogP contribution in [0.25, 0.3) is 222 Å². The van der Waals surface area contributed by atoms with Crippen LogP contribution in [0.2, 0.25) is 0 Å². The highest BCUT2D eigenvalue weighted by Crippen LogP contribution is 2.46. The van der Waals surface area contributed by atoms with Crippen molar-refractivity contribution in [2.24, 2.45) is 0 Å². The third-order valence-corrected chi connectivity index (χ3v) is 23.6. The number of para-hydroxylation sites is 6. The van der Waals surface area contributed by atoms with Gasteiger partial charge in [0.1, 0.15) is 0 Å². The number of fused-ring (bicyclic) bond motifs is 16. The van der Waals surface area contributed by atoms with E-state index in [1.54, 1.807) is 0 Å². The first kappa shape index (κ1) is 69.3. The van der Waals surface area contributed by atoms with Crippen molar-refractivity contribution >= 4 is 109 Å². The van der Waals surface area contributed by atoms with Gasteiger partial charge in [0.25, 0.3) is 0 Å². The fourth-order valence-electron chi connectivity index (χ4n) is 18.2. The Labute approximate surface area is 691 Å². The number of hydrogen-bond donors (Lipinski definition) is 0. The number of aromatic nitrogens is 9. The molecule has 24 aromatic rings. The lowest BCUT2D eigenvalue weighted by Gasteiger charge is -2.13. The standard InChI is InChI=1S/C56H36N4.C55H35N5/c1-4-15-37(16-5-1)40-19-14-20-41(33-40)50-36-49(39-17-6-2-7-18-39)57-56(58-50)42-28-27-38-29-30-45(35-43(38)34-42)59-52-26-13-11-24-48(52)54-53(59)32-31-47-46-23-10-12-25-51(46)60(55(47)54)44-21-8-3-9-22-44;1-4-16-36(17-5-1)38-20-14-22-40(34-38)54-56-53(37-18-6-2-7-19-37)57-55(58-54)46-27-15-21-39-35-42(30-31-43(39)46)59-49-29-13-11-26-47(49)51-50(59)33-32-45-44-25-10-12-28-48(44)60(52(45)51)41-23-8-3-9-24-41/h1-36H;1-35H. The largest absolute Gasteiger partial charge is 0.309 e. The second-order valence-corrected chi connectivity index (χ2v) is 30.6. The van der Waals surface area contributed by atoms with Gasteiger partial charge in [-0.2, -0.15) is 0 Å². The quantitative estimate of drug-likeness (QED) is 0.122. The van der Waals surface area contributed by atoms with E-state index in [0.717, 1.165) is 117 Å². The van der Waals surface area contributed by atoms with E-state index < -0.39 is 0 Å². The topological polar surface area (TPSA) is 84.2 Å². The Morgan fingerprint density at radius 2 is 0.533 bits per heavy atom. The minimum Gasteiger partial charge on any atom is -0.309 e. The van der Waals surface area contributed by atoms with Crippen molar-refractivity contribution in [1.82, 2.24) is 43.2 Å². The molecule has 9 heteroatoms. The van der Waals surface area contributed by atoms with Gasteiger partial charge in [0.15, 0.2) is 23.3 Å². The van der Waals surface area contributed by atoms with Crippen LogP contribution in [0.1, 0.15) is 0 Å². The predicted molar refractivity (Wildman–Crippen MR) is 498 cm³/mol. The van der Waals surface area contributed by atoms with Gasteiger partial charge in [0.05, 0.1) is 55.5 Å². The van der Waals surface area contributed by atoms with Crippen molar-refractivity contribution in [3.05, 3.63) is 431 Å². The van der Waals surface area contributed by atoms with E-state index >= 15 is 0 Å². The molecule has 0 bridgehead atoms. The van der Waals surface area contributed by atoms with Crippen LogP contribution in [-0.2, 0) is 0 Å². The Bertz CT molecular complexity index is 7890. The summed E-state index contributed by atoms with van der Waals surface area (Å²) in [5, 5.41) is 14.4. The van der Waals surface area contributed by atoms with E-state index in [1.165, 1.54) is 81.8 Å². The zero-order valence-electron chi connectivity index (χ0n) is 65.0. The lowest BCUT2D eigenvalue weighted by atomic mass is 10.0. The van der Waals surface area contributed by atoms with E-state index in [0.29, 0.717) is 23.3 Å². The maximum atomic E-state index is 5.26. The molecule has 0 atom stereocenters. The molecule has 0 saturated carbocycles. The average Bonchev–Trinajstić information content (AvgIpc) is 1.55. The lowest BCUT2D eigenvalue weighted by molar-refractivity contribution is 1.08. The van der Waals surface area contributed by atoms with Crippen molar-refractivity contribution < 1.29 is 0 Å². The first-order valence-corrected chi connectivity index (χ1v) is 40.7. The van der Waals surface area contributed by atoms with Crippen LogP contribution in [0.4, 0.5) is 0 Å². The van der Waals surface area contributed by atoms with Gasteiger partial charge in [-0.1, -0.05) is 322 Å². The van der Waals surface area contributed by atoms with Crippen molar-refractivity contribution in [2.75, 3.05) is 0 Å². The van der Waals surface area contributed by atoms with Crippen LogP contribution < -0.4 is 0 Å². The number of benzene rings is 18. The van der Waals surface area contributed by atoms with Gasteiger partial charge in [-0.05, 0) is 153 Å². The van der Waals surface area contributed by atoms with Gasteiger partial charge in [-0.3, -0.25) is 0 Å². The number of nitrogens with zero attached hydrogens (tertiary/aromatic N) is 9. The monoisotopic (exact) mass is 1530 g/mol. The SMILES string of the molecule is c1ccc(-c2cccc(-c3cc(-c4ccccc4)nc(-c4ccc5ccc(-n6c7ccccc7c7c6ccc6c8ccccc8n(-c8ccccc8)c67)cc5c4)n3)c2)cc1.c1ccc(-c2cccc(-c3nc(-c4ccccc4)nc(-c4cccc5cc(-n6c7ccccc7c7c6ccc6c8ccccc8n(-c8ccccc8)c67)ccc45)n3)c2)cc1. The molecule has 0 aliphatic heterocycles. The highest BCUT2D eigenvalue weighted by Gasteiger charge is 2.25. The minimum atomic E-state index is 0.634. The molecule has 120 heavy (non-hydrogen) atoms. The zero-order valence-corrected chi connectivity index (χ0v) is 65.0. The normalized spacial score (nSPS) is 11.7. The smallest absolute Gasteiger partial charge is 0.164 e. The van der Waals surface area contributed by atoms with Gasteiger partial charge in [-0.15, -0.1) is 0 Å². The molecule has 0 N–H and O–H groups in total. The second kappa shape index (κ2) is 28.9. The maximum Gasteiger partial charge on any atom is 0.164 e. The molecule has 0 amide bonds. The van der Waals surface area contributed by atoms with Crippen molar-refractivity contribution in [1.29, 1.82) is 0 Å². The fraction of sp³-hybridized carbons (Fsp3) is 0. The molecule has 0 radical (unpaired) electrons. The number of hydrogen-bond acceptors (Lipinski definition) is 5. The van der Waals surface area contributed by atoms with Crippen LogP contribution in [0.3, 0.4) is 0 Å². The summed E-state index contributed by atoms with van der Waals surface area (Å²) in [7, 11) is 0. The summed E-state index contributed by atoms with van der Waals surface area (Å²) in [6.45, 7) is 0. The highest BCUT2D eigenvalue weighted by molar-refractivity contribution is 6.28. The minimum absolute atomic E-state index is 0.634. The van der Waals surface area contributed by atoms with Crippen LogP contribution in [0.5, 0.6) is 0 Å². The summed E-state index contributed by atoms with van der Waals surface area (Å²) in [4.78, 5) is 25.8. The molecule has 0 aliphatic rings. The Balaban J connectivity index is 0.000000140. The van der Waals surface area contributed by atoms with Crippen molar-refractivity contribution in [3.63, 3.8) is 0 Å². The van der Waals surface area contributed by atoms with E-state index in [2.05, 4.69) is 419 Å². The molecule has 6 aromatic heterocycles. The van der Waals surface area contributed by atoms with E-state index in [1.807, 2.05) is 30.3 Å². The molecular weight excluding hydrogens is 1460 g/mol. The molecule has 18 aromatic carbocycles. The zero-order chi connectivity index (χ0) is 79.1. The molecule has 0 aliphatic carbocycles. The molecule has 6 heterocycles. The third kappa shape index (κ3) is 11.9. The summed E-state index contributed by atoms with van der Waals surface area (Å²) < 4.78 is 9.71. The lowest BCUT2D eigenvalue weighted by Crippen LogP contribution is -2.01. The van der Waals surface area contributed by atoms with Crippen LogP contribution in [0.15, 0.2) is 431 Å². The number of rotatable bonds is 12. The van der Waals surface area contributed by atoms with Gasteiger partial charge in [0, 0.05) is 99.2 Å². The summed E-state index contributed by atoms with van der Waals surface area (Å²) in [6, 6.07) is 153. The first-order chi connectivity index (χ1) is 59.5. The van der Waals surface area contributed by atoms with E-state index in [4.69, 9.17) is 24.9 Å². The Hall–Kier alpha value is -16.2. The predicted octanol–water partition coefficient (Wildman–Crippen LogP) is 28.4. The summed E-state index contributed by atoms with van der Waals surface area (Å²) in [5.74, 6) is 2.60. The van der Waals surface area contributed by atoms with Gasteiger partial charge >= 0.3 is 0 Å². The summed E-state index contributed by atoms with van der Waals surface area (Å²) in [6.07, 6.45) is 0. The van der Waals surface area contributed by atoms with E-state index in [-0.39, 0.29) is 0 Å². The fourth-order valence-corrected chi connectivity index (χ4v) is 18.2. The van der Waals surface area contributed by atoms with Crippen LogP contribution in [-0.4, -0.2) is 43.2 Å². The maximum absolute atomic E-state index is 5.26. The molecule has 0 unspecified atom stereocenters. The Morgan fingerprint density at radius 3 is 1.08 bits per heavy atom. The highest BCUT2D eigenvalue weighted by atomic mass is 15.0. The van der Waals surface area contributed by atoms with Crippen LogP contribution in [0, 0.1) is 0 Å². The third-order valence-electron chi connectivity index (χ3n) is 23.6.